The van der Waals surface area contributed by atoms with Crippen molar-refractivity contribution >= 4 is 5.97 Å². The van der Waals surface area contributed by atoms with Crippen LogP contribution >= 0.6 is 0 Å². The lowest BCUT2D eigenvalue weighted by atomic mass is 9.68. The maximum absolute atomic E-state index is 14.2. The molecule has 3 rings (SSSR count). The summed E-state index contributed by atoms with van der Waals surface area (Å²) in [6.45, 7) is 4.19. The average Bonchev–Trinajstić information content (AvgIpc) is 2.79. The fourth-order valence-electron chi connectivity index (χ4n) is 5.51. The van der Waals surface area contributed by atoms with Gasteiger partial charge in [-0.1, -0.05) is 45.4 Å². The lowest BCUT2D eigenvalue weighted by Crippen LogP contribution is -2.30. The van der Waals surface area contributed by atoms with E-state index in [4.69, 9.17) is 9.47 Å². The van der Waals surface area contributed by atoms with E-state index in [1.165, 1.54) is 63.5 Å². The second kappa shape index (κ2) is 11.8. The molecule has 0 atom stereocenters. The van der Waals surface area contributed by atoms with Crippen molar-refractivity contribution in [2.75, 3.05) is 6.61 Å². The summed E-state index contributed by atoms with van der Waals surface area (Å²) < 4.78 is 38.5. The molecule has 0 bridgehead atoms. The fourth-order valence-corrected chi connectivity index (χ4v) is 5.51. The third-order valence-electron chi connectivity index (χ3n) is 7.40. The van der Waals surface area contributed by atoms with Gasteiger partial charge in [0, 0.05) is 0 Å². The molecular weight excluding hydrogens is 398 g/mol. The number of ether oxygens (including phenoxy) is 2. The normalized spacial score (nSPS) is 26.5. The average molecular weight is 437 g/mol. The lowest BCUT2D eigenvalue weighted by molar-refractivity contribution is -0.140. The smallest absolute Gasteiger partial charge is 0.314 e. The van der Waals surface area contributed by atoms with Crippen molar-refractivity contribution in [3.63, 3.8) is 0 Å². The second-order valence-electron chi connectivity index (χ2n) is 9.43. The van der Waals surface area contributed by atoms with Crippen LogP contribution in [0.4, 0.5) is 8.78 Å². The number of carbonyl (C=O) groups excluding carboxylic acids is 1. The topological polar surface area (TPSA) is 35.5 Å². The molecule has 0 amide bonds. The quantitative estimate of drug-likeness (QED) is 0.229. The minimum absolute atomic E-state index is 0.166. The van der Waals surface area contributed by atoms with Gasteiger partial charge >= 0.3 is 5.97 Å². The Labute approximate surface area is 185 Å². The molecule has 5 heteroatoms. The van der Waals surface area contributed by atoms with Gasteiger partial charge in [0.2, 0.25) is 11.6 Å². The van der Waals surface area contributed by atoms with E-state index in [1.54, 1.807) is 6.92 Å². The predicted octanol–water partition coefficient (Wildman–Crippen LogP) is 7.46. The summed E-state index contributed by atoms with van der Waals surface area (Å²) in [6.07, 6.45) is 14.4. The number of esters is 1. The third-order valence-corrected chi connectivity index (χ3v) is 7.40. The Hall–Kier alpha value is -1.65. The summed E-state index contributed by atoms with van der Waals surface area (Å²) in [6, 6.07) is 2.58. The number of hydrogen-bond donors (Lipinski definition) is 0. The van der Waals surface area contributed by atoms with Crippen LogP contribution in [-0.4, -0.2) is 12.6 Å². The highest BCUT2D eigenvalue weighted by molar-refractivity contribution is 5.75. The van der Waals surface area contributed by atoms with Gasteiger partial charge < -0.3 is 9.47 Å². The van der Waals surface area contributed by atoms with Crippen LogP contribution in [0.2, 0.25) is 0 Å². The van der Waals surface area contributed by atoms with E-state index in [0.29, 0.717) is 5.92 Å². The van der Waals surface area contributed by atoms with Crippen LogP contribution in [0.5, 0.6) is 11.5 Å². The van der Waals surface area contributed by atoms with Gasteiger partial charge in [0.1, 0.15) is 0 Å². The Morgan fingerprint density at radius 3 is 2.06 bits per heavy atom. The van der Waals surface area contributed by atoms with Gasteiger partial charge in [0.25, 0.3) is 0 Å². The zero-order valence-electron chi connectivity index (χ0n) is 19.1. The van der Waals surface area contributed by atoms with Gasteiger partial charge in [0.15, 0.2) is 11.5 Å². The molecule has 0 unspecified atom stereocenters. The standard InChI is InChI=1S/C26H38F2O3/c1-3-5-6-7-18-8-10-19(11-9-18)20-12-14-21(15-13-20)26(29)31-23-17-16-22(30-4-2)24(27)25(23)28/h16-21H,3-15H2,1-2H3. The van der Waals surface area contributed by atoms with Crippen molar-refractivity contribution in [1.29, 1.82) is 0 Å². The van der Waals surface area contributed by atoms with Crippen molar-refractivity contribution in [2.45, 2.75) is 90.9 Å². The molecule has 0 aliphatic heterocycles. The first kappa shape index (κ1) is 24.0. The maximum Gasteiger partial charge on any atom is 0.314 e. The largest absolute Gasteiger partial charge is 0.491 e. The molecule has 2 fully saturated rings. The van der Waals surface area contributed by atoms with E-state index in [0.717, 1.165) is 37.5 Å². The first-order valence-electron chi connectivity index (χ1n) is 12.4. The van der Waals surface area contributed by atoms with Gasteiger partial charge in [-0.15, -0.1) is 0 Å². The molecule has 0 heterocycles. The van der Waals surface area contributed by atoms with Crippen LogP contribution in [0.1, 0.15) is 90.9 Å². The minimum Gasteiger partial charge on any atom is -0.491 e. The highest BCUT2D eigenvalue weighted by atomic mass is 19.2. The van der Waals surface area contributed by atoms with Crippen LogP contribution in [0.3, 0.4) is 0 Å². The molecule has 2 saturated carbocycles. The van der Waals surface area contributed by atoms with Gasteiger partial charge in [-0.3, -0.25) is 4.79 Å². The molecule has 174 valence electrons. The number of rotatable bonds is 9. The summed E-state index contributed by atoms with van der Waals surface area (Å²) in [4.78, 5) is 12.6. The third kappa shape index (κ3) is 6.43. The SMILES string of the molecule is CCCCCC1CCC(C2CCC(C(=O)Oc3ccc(OCC)c(F)c3F)CC2)CC1. The molecule has 0 spiro atoms. The van der Waals surface area contributed by atoms with Crippen molar-refractivity contribution in [3.05, 3.63) is 23.8 Å². The predicted molar refractivity (Wildman–Crippen MR) is 118 cm³/mol. The molecule has 1 aromatic carbocycles. The first-order valence-corrected chi connectivity index (χ1v) is 12.4. The van der Waals surface area contributed by atoms with Gasteiger partial charge in [-0.2, -0.15) is 8.78 Å². The molecule has 2 aliphatic carbocycles. The van der Waals surface area contributed by atoms with E-state index in [2.05, 4.69) is 6.92 Å². The van der Waals surface area contributed by atoms with Crippen molar-refractivity contribution in [3.8, 4) is 11.5 Å². The molecule has 0 N–H and O–H groups in total. The van der Waals surface area contributed by atoms with E-state index in [-0.39, 0.29) is 24.0 Å². The monoisotopic (exact) mass is 436 g/mol. The number of halogens is 2. The Morgan fingerprint density at radius 2 is 1.45 bits per heavy atom. The lowest BCUT2D eigenvalue weighted by Gasteiger charge is -2.37. The fraction of sp³-hybridized carbons (Fsp3) is 0.731. The number of carbonyl (C=O) groups is 1. The van der Waals surface area contributed by atoms with Crippen molar-refractivity contribution in [2.24, 2.45) is 23.7 Å². The van der Waals surface area contributed by atoms with Gasteiger partial charge in [-0.25, -0.2) is 0 Å². The molecule has 2 aliphatic rings. The van der Waals surface area contributed by atoms with Crippen LogP contribution in [0.15, 0.2) is 12.1 Å². The van der Waals surface area contributed by atoms with E-state index >= 15 is 0 Å². The Morgan fingerprint density at radius 1 is 0.871 bits per heavy atom. The molecular formula is C26H38F2O3. The summed E-state index contributed by atoms with van der Waals surface area (Å²) in [5.74, 6) is -1.06. The first-order chi connectivity index (χ1) is 15.0. The molecule has 0 saturated heterocycles. The number of hydrogen-bond acceptors (Lipinski definition) is 3. The summed E-state index contributed by atoms with van der Waals surface area (Å²) >= 11 is 0. The molecule has 3 nitrogen and oxygen atoms in total. The van der Waals surface area contributed by atoms with E-state index in [9.17, 15) is 13.6 Å². The van der Waals surface area contributed by atoms with E-state index in [1.807, 2.05) is 0 Å². The summed E-state index contributed by atoms with van der Waals surface area (Å²) in [5.41, 5.74) is 0. The maximum atomic E-state index is 14.2. The zero-order valence-corrected chi connectivity index (χ0v) is 19.1. The summed E-state index contributed by atoms with van der Waals surface area (Å²) in [7, 11) is 0. The molecule has 31 heavy (non-hydrogen) atoms. The molecule has 0 aromatic heterocycles. The zero-order chi connectivity index (χ0) is 22.2. The molecule has 1 aromatic rings. The van der Waals surface area contributed by atoms with Gasteiger partial charge in [-0.05, 0) is 75.3 Å². The Balaban J connectivity index is 1.44. The Kier molecular flexibility index (Phi) is 9.15. The van der Waals surface area contributed by atoms with Gasteiger partial charge in [0.05, 0.1) is 12.5 Å². The van der Waals surface area contributed by atoms with Crippen LogP contribution in [0, 0.1) is 35.3 Å². The second-order valence-corrected chi connectivity index (χ2v) is 9.43. The summed E-state index contributed by atoms with van der Waals surface area (Å²) in [5, 5.41) is 0. The highest BCUT2D eigenvalue weighted by Gasteiger charge is 2.34. The number of benzene rings is 1. The number of unbranched alkanes of at least 4 members (excludes halogenated alkanes) is 2. The van der Waals surface area contributed by atoms with Crippen LogP contribution in [-0.2, 0) is 4.79 Å². The Bertz CT molecular complexity index is 705. The minimum atomic E-state index is -1.16. The van der Waals surface area contributed by atoms with Crippen LogP contribution < -0.4 is 9.47 Å². The molecule has 0 radical (unpaired) electrons. The highest BCUT2D eigenvalue weighted by Crippen LogP contribution is 2.42. The van der Waals surface area contributed by atoms with Crippen LogP contribution in [0.25, 0.3) is 0 Å². The van der Waals surface area contributed by atoms with Crippen molar-refractivity contribution in [1.82, 2.24) is 0 Å². The van der Waals surface area contributed by atoms with E-state index < -0.39 is 17.6 Å². The van der Waals surface area contributed by atoms with Crippen molar-refractivity contribution < 1.29 is 23.0 Å².